The molecule has 1 N–H and O–H groups in total. The Morgan fingerprint density at radius 3 is 2.71 bits per heavy atom. The van der Waals surface area contributed by atoms with Crippen molar-refractivity contribution in [2.75, 3.05) is 12.0 Å². The fraction of sp³-hybridized carbons (Fsp3) is 0.846. The van der Waals surface area contributed by atoms with Gasteiger partial charge in [0, 0.05) is 18.6 Å². The maximum Gasteiger partial charge on any atom is 0.324 e. The Balaban J connectivity index is 1.66. The Hall–Kier alpha value is -1.73. The van der Waals surface area contributed by atoms with Crippen LogP contribution in [0.5, 0.6) is 0 Å². The lowest BCUT2D eigenvalue weighted by molar-refractivity contribution is 0.125. The number of carbonyl (C=O) groups excluding carboxylic acids is 1. The molecule has 0 saturated carbocycles. The second kappa shape index (κ2) is 5.95. The van der Waals surface area contributed by atoms with E-state index in [1.165, 1.54) is 0 Å². The number of aromatic nitrogens is 4. The van der Waals surface area contributed by atoms with E-state index in [0.717, 1.165) is 25.7 Å². The Morgan fingerprint density at radius 2 is 2.10 bits per heavy atom. The van der Waals surface area contributed by atoms with Gasteiger partial charge in [0.15, 0.2) is 0 Å². The number of rotatable bonds is 4. The normalized spacial score (nSPS) is 27.9. The molecule has 2 aliphatic heterocycles. The topological polar surface area (TPSA) is 75.9 Å². The molecule has 1 aromatic rings. The van der Waals surface area contributed by atoms with Crippen molar-refractivity contribution in [1.82, 2.24) is 25.1 Å². The molecule has 2 bridgehead atoms. The average Bonchev–Trinajstić information content (AvgIpc) is 3.02. The fourth-order valence-electron chi connectivity index (χ4n) is 3.68. The second-order valence-corrected chi connectivity index (χ2v) is 5.86. The minimum absolute atomic E-state index is 0.134. The lowest BCUT2D eigenvalue weighted by Gasteiger charge is -2.38. The first-order valence-electron chi connectivity index (χ1n) is 7.64. The van der Waals surface area contributed by atoms with Gasteiger partial charge >= 0.3 is 6.03 Å². The number of hydrogen-bond donors (Lipinski definition) is 1. The molecule has 0 aliphatic carbocycles. The smallest absolute Gasteiger partial charge is 0.318 e. The number of nitrogens with zero attached hydrogens (tertiary/aromatic N) is 5. The minimum atomic E-state index is -0.262. The zero-order chi connectivity index (χ0) is 14.8. The average molecular weight is 296 g/mol. The number of carbonyl (C=O) groups is 1. The molecule has 2 unspecified atom stereocenters. The van der Waals surface area contributed by atoms with E-state index >= 15 is 0 Å². The summed E-state index contributed by atoms with van der Waals surface area (Å²) in [4.78, 5) is 14.4. The molecule has 0 aromatic carbocycles. The Bertz CT molecular complexity index is 493. The molecule has 21 heavy (non-hydrogen) atoms. The molecule has 0 radical (unpaired) electrons. The third-order valence-corrected chi connectivity index (χ3v) is 4.63. The molecule has 2 fully saturated rings. The summed E-state index contributed by atoms with van der Waals surface area (Å²) < 4.78 is 14.1. The predicted octanol–water partition coefficient (Wildman–Crippen LogP) is 1.83. The van der Waals surface area contributed by atoms with E-state index in [0.29, 0.717) is 24.8 Å². The molecule has 1 aromatic heterocycles. The van der Waals surface area contributed by atoms with Crippen LogP contribution in [0.4, 0.5) is 15.1 Å². The van der Waals surface area contributed by atoms with Crippen LogP contribution in [0.3, 0.4) is 0 Å². The van der Waals surface area contributed by atoms with E-state index in [4.69, 9.17) is 0 Å². The standard InChI is InChI=1S/C13H21FN6O/c1-2-19-12(16-17-18-19)15-13(21)20-10-3-4-11(20)8-9(7-10)5-6-14/h9-11H,2-8H2,1H3,(H,15,16,18,21). The zero-order valence-corrected chi connectivity index (χ0v) is 12.2. The van der Waals surface area contributed by atoms with Crippen LogP contribution in [-0.4, -0.2) is 49.9 Å². The quantitative estimate of drug-likeness (QED) is 0.919. The van der Waals surface area contributed by atoms with Crippen LogP contribution < -0.4 is 5.32 Å². The predicted molar refractivity (Wildman–Crippen MR) is 74.5 cm³/mol. The molecule has 2 amide bonds. The van der Waals surface area contributed by atoms with Crippen molar-refractivity contribution in [2.45, 2.75) is 57.7 Å². The highest BCUT2D eigenvalue weighted by atomic mass is 19.1. The highest BCUT2D eigenvalue weighted by molar-refractivity contribution is 5.88. The molecule has 7 nitrogen and oxygen atoms in total. The molecule has 0 spiro atoms. The summed E-state index contributed by atoms with van der Waals surface area (Å²) in [5.41, 5.74) is 0. The Kier molecular flexibility index (Phi) is 4.03. The molecule has 2 atom stereocenters. The summed E-state index contributed by atoms with van der Waals surface area (Å²) in [5.74, 6) is 0.797. The maximum atomic E-state index is 12.5. The van der Waals surface area contributed by atoms with Gasteiger partial charge in [-0.05, 0) is 55.4 Å². The number of nitrogens with one attached hydrogen (secondary N) is 1. The van der Waals surface area contributed by atoms with Crippen LogP contribution in [0, 0.1) is 5.92 Å². The van der Waals surface area contributed by atoms with Crippen molar-refractivity contribution in [3.63, 3.8) is 0 Å². The van der Waals surface area contributed by atoms with Gasteiger partial charge in [-0.1, -0.05) is 5.10 Å². The lowest BCUT2D eigenvalue weighted by Crippen LogP contribution is -2.48. The number of anilines is 1. The minimum Gasteiger partial charge on any atom is -0.318 e. The third-order valence-electron chi connectivity index (χ3n) is 4.63. The second-order valence-electron chi connectivity index (χ2n) is 5.86. The van der Waals surface area contributed by atoms with Crippen LogP contribution in [0.25, 0.3) is 0 Å². The summed E-state index contributed by atoms with van der Waals surface area (Å²) in [5, 5.41) is 14.0. The van der Waals surface area contributed by atoms with Crippen molar-refractivity contribution >= 4 is 12.0 Å². The van der Waals surface area contributed by atoms with Crippen LogP contribution in [0.2, 0.25) is 0 Å². The Labute approximate surface area is 122 Å². The van der Waals surface area contributed by atoms with Crippen molar-refractivity contribution < 1.29 is 9.18 Å². The summed E-state index contributed by atoms with van der Waals surface area (Å²) in [7, 11) is 0. The number of amides is 2. The van der Waals surface area contributed by atoms with E-state index in [9.17, 15) is 9.18 Å². The first-order chi connectivity index (χ1) is 10.2. The molecule has 116 valence electrons. The molecular formula is C13H21FN6O. The van der Waals surface area contributed by atoms with Gasteiger partial charge in [0.2, 0.25) is 0 Å². The number of hydrogen-bond acceptors (Lipinski definition) is 4. The number of aryl methyl sites for hydroxylation is 1. The summed E-state index contributed by atoms with van der Waals surface area (Å²) in [6.07, 6.45) is 4.47. The monoisotopic (exact) mass is 296 g/mol. The maximum absolute atomic E-state index is 12.5. The van der Waals surface area contributed by atoms with Crippen LogP contribution in [0.15, 0.2) is 0 Å². The molecule has 3 heterocycles. The lowest BCUT2D eigenvalue weighted by atomic mass is 9.89. The van der Waals surface area contributed by atoms with Gasteiger partial charge in [-0.15, -0.1) is 0 Å². The van der Waals surface area contributed by atoms with Gasteiger partial charge in [0.1, 0.15) is 0 Å². The number of halogens is 1. The third kappa shape index (κ3) is 2.71. The van der Waals surface area contributed by atoms with Crippen LogP contribution in [-0.2, 0) is 6.54 Å². The van der Waals surface area contributed by atoms with Gasteiger partial charge in [-0.3, -0.25) is 9.71 Å². The number of fused-ring (bicyclic) bond motifs is 2. The van der Waals surface area contributed by atoms with E-state index in [2.05, 4.69) is 20.8 Å². The van der Waals surface area contributed by atoms with Gasteiger partial charge in [-0.2, -0.15) is 0 Å². The van der Waals surface area contributed by atoms with E-state index in [1.807, 2.05) is 11.8 Å². The highest BCUT2D eigenvalue weighted by Gasteiger charge is 2.43. The van der Waals surface area contributed by atoms with Gasteiger partial charge in [-0.25, -0.2) is 9.48 Å². The molecule has 3 rings (SSSR count). The zero-order valence-electron chi connectivity index (χ0n) is 12.2. The van der Waals surface area contributed by atoms with E-state index < -0.39 is 0 Å². The van der Waals surface area contributed by atoms with Crippen molar-refractivity contribution in [3.8, 4) is 0 Å². The van der Waals surface area contributed by atoms with Crippen molar-refractivity contribution in [3.05, 3.63) is 0 Å². The molecular weight excluding hydrogens is 275 g/mol. The fourth-order valence-corrected chi connectivity index (χ4v) is 3.68. The van der Waals surface area contributed by atoms with Crippen molar-refractivity contribution in [1.29, 1.82) is 0 Å². The Morgan fingerprint density at radius 1 is 1.38 bits per heavy atom. The van der Waals surface area contributed by atoms with Crippen molar-refractivity contribution in [2.24, 2.45) is 5.92 Å². The van der Waals surface area contributed by atoms with Gasteiger partial charge < -0.3 is 4.90 Å². The number of piperidine rings is 1. The summed E-state index contributed by atoms with van der Waals surface area (Å²) in [6.45, 7) is 2.26. The molecule has 2 aliphatic rings. The van der Waals surface area contributed by atoms with Crippen LogP contribution >= 0.6 is 0 Å². The highest BCUT2D eigenvalue weighted by Crippen LogP contribution is 2.40. The number of urea groups is 1. The first-order valence-corrected chi connectivity index (χ1v) is 7.64. The largest absolute Gasteiger partial charge is 0.324 e. The molecule has 8 heteroatoms. The van der Waals surface area contributed by atoms with E-state index in [-0.39, 0.29) is 24.8 Å². The van der Waals surface area contributed by atoms with Gasteiger partial charge in [0.25, 0.3) is 5.95 Å². The summed E-state index contributed by atoms with van der Waals surface area (Å²) in [6, 6.07) is 0.322. The summed E-state index contributed by atoms with van der Waals surface area (Å²) >= 11 is 0. The van der Waals surface area contributed by atoms with Crippen LogP contribution in [0.1, 0.15) is 39.0 Å². The first kappa shape index (κ1) is 14.2. The SMILES string of the molecule is CCn1nnnc1NC(=O)N1C2CCC1CC(CCF)C2. The number of tetrazole rings is 1. The molecule has 2 saturated heterocycles. The van der Waals surface area contributed by atoms with Gasteiger partial charge in [0.05, 0.1) is 6.67 Å². The van der Waals surface area contributed by atoms with E-state index in [1.54, 1.807) is 4.68 Å². The number of alkyl halides is 1.